The van der Waals surface area contributed by atoms with Crippen molar-refractivity contribution in [1.29, 1.82) is 0 Å². The van der Waals surface area contributed by atoms with Crippen molar-refractivity contribution in [2.24, 2.45) is 0 Å². The number of hydrogen-bond acceptors (Lipinski definition) is 3. The molecule has 0 aliphatic heterocycles. The number of nitrogens with one attached hydrogen (secondary N) is 1. The summed E-state index contributed by atoms with van der Waals surface area (Å²) in [4.78, 5) is 22.7. The van der Waals surface area contributed by atoms with E-state index in [1.54, 1.807) is 6.08 Å². The van der Waals surface area contributed by atoms with Gasteiger partial charge in [0.25, 0.3) is 0 Å². The Morgan fingerprint density at radius 3 is 2.63 bits per heavy atom. The number of ketones is 1. The second-order valence-electron chi connectivity index (χ2n) is 4.33. The topological polar surface area (TPSA) is 55.4 Å². The average Bonchev–Trinajstić information content (AvgIpc) is 2.37. The van der Waals surface area contributed by atoms with Gasteiger partial charge in [0.2, 0.25) is 0 Å². The molecule has 4 nitrogen and oxygen atoms in total. The molecule has 0 saturated heterocycles. The minimum Gasteiger partial charge on any atom is -0.445 e. The van der Waals surface area contributed by atoms with E-state index >= 15 is 0 Å². The Morgan fingerprint density at radius 1 is 1.37 bits per heavy atom. The highest BCUT2D eigenvalue weighted by molar-refractivity contribution is 5.77. The maximum absolute atomic E-state index is 11.6. The molecule has 0 aliphatic rings. The fourth-order valence-corrected chi connectivity index (χ4v) is 1.67. The standard InChI is InChI=1S/C15H19NO3/c1-3-7-14(10-12(2)17)16-15(18)19-11-13-8-5-4-6-9-13/h3-6,8-9,14H,1,7,10-11H2,2H3,(H,16,18)/t14-/m1/s1. The number of alkyl carbamates (subject to hydrolysis) is 1. The fraction of sp³-hybridized carbons (Fsp3) is 0.333. The first-order valence-corrected chi connectivity index (χ1v) is 6.19. The molecule has 0 fully saturated rings. The second kappa shape index (κ2) is 8.08. The SMILES string of the molecule is C=CC[C@H](CC(C)=O)NC(=O)OCc1ccccc1. The van der Waals surface area contributed by atoms with Crippen LogP contribution in [0.15, 0.2) is 43.0 Å². The molecule has 1 aromatic carbocycles. The molecule has 0 aromatic heterocycles. The van der Waals surface area contributed by atoms with Gasteiger partial charge in [-0.3, -0.25) is 4.79 Å². The Kier molecular flexibility index (Phi) is 6.36. The van der Waals surface area contributed by atoms with Gasteiger partial charge in [0, 0.05) is 12.5 Å². The molecule has 1 atom stereocenters. The molecule has 0 bridgehead atoms. The van der Waals surface area contributed by atoms with Crippen LogP contribution in [0, 0.1) is 0 Å². The third-order valence-corrected chi connectivity index (χ3v) is 2.52. The summed E-state index contributed by atoms with van der Waals surface area (Å²) in [5, 5.41) is 2.67. The van der Waals surface area contributed by atoms with Crippen LogP contribution in [0.1, 0.15) is 25.3 Å². The molecule has 19 heavy (non-hydrogen) atoms. The highest BCUT2D eigenvalue weighted by Crippen LogP contribution is 2.03. The third-order valence-electron chi connectivity index (χ3n) is 2.52. The lowest BCUT2D eigenvalue weighted by Gasteiger charge is -2.15. The van der Waals surface area contributed by atoms with Crippen LogP contribution >= 0.6 is 0 Å². The minimum absolute atomic E-state index is 0.0233. The van der Waals surface area contributed by atoms with Gasteiger partial charge in [0.1, 0.15) is 12.4 Å². The molecule has 0 unspecified atom stereocenters. The van der Waals surface area contributed by atoms with Gasteiger partial charge < -0.3 is 10.1 Å². The lowest BCUT2D eigenvalue weighted by atomic mass is 10.1. The Hall–Kier alpha value is -2.10. The van der Waals surface area contributed by atoms with Crippen LogP contribution in [0.2, 0.25) is 0 Å². The summed E-state index contributed by atoms with van der Waals surface area (Å²) in [6.07, 6.45) is 1.98. The monoisotopic (exact) mass is 261 g/mol. The zero-order valence-corrected chi connectivity index (χ0v) is 11.1. The lowest BCUT2D eigenvalue weighted by molar-refractivity contribution is -0.117. The maximum atomic E-state index is 11.6. The Bertz CT molecular complexity index is 428. The molecule has 1 amide bonds. The average molecular weight is 261 g/mol. The van der Waals surface area contributed by atoms with Gasteiger partial charge in [-0.25, -0.2) is 4.79 Å². The number of rotatable bonds is 7. The molecule has 1 rings (SSSR count). The van der Waals surface area contributed by atoms with Crippen LogP contribution in [0.25, 0.3) is 0 Å². The quantitative estimate of drug-likeness (QED) is 0.768. The lowest BCUT2D eigenvalue weighted by Crippen LogP contribution is -2.36. The van der Waals surface area contributed by atoms with Crippen molar-refractivity contribution in [2.75, 3.05) is 0 Å². The molecule has 0 aliphatic carbocycles. The number of carbonyl (C=O) groups excluding carboxylic acids is 2. The molecule has 4 heteroatoms. The van der Waals surface area contributed by atoms with Crippen molar-refractivity contribution in [3.8, 4) is 0 Å². The van der Waals surface area contributed by atoms with Gasteiger partial charge in [0.15, 0.2) is 0 Å². The highest BCUT2D eigenvalue weighted by atomic mass is 16.5. The van der Waals surface area contributed by atoms with E-state index < -0.39 is 6.09 Å². The van der Waals surface area contributed by atoms with E-state index in [1.807, 2.05) is 30.3 Å². The molecule has 102 valence electrons. The first-order valence-electron chi connectivity index (χ1n) is 6.19. The van der Waals surface area contributed by atoms with E-state index in [-0.39, 0.29) is 24.9 Å². The number of ether oxygens (including phenoxy) is 1. The normalized spacial score (nSPS) is 11.4. The van der Waals surface area contributed by atoms with Crippen molar-refractivity contribution in [2.45, 2.75) is 32.4 Å². The number of carbonyl (C=O) groups is 2. The zero-order chi connectivity index (χ0) is 14.1. The molecule has 0 saturated carbocycles. The largest absolute Gasteiger partial charge is 0.445 e. The van der Waals surface area contributed by atoms with E-state index in [0.717, 1.165) is 5.56 Å². The summed E-state index contributed by atoms with van der Waals surface area (Å²) < 4.78 is 5.09. The van der Waals surface area contributed by atoms with E-state index in [9.17, 15) is 9.59 Å². The second-order valence-corrected chi connectivity index (χ2v) is 4.33. The first kappa shape index (κ1) is 15.0. The summed E-state index contributed by atoms with van der Waals surface area (Å²) in [5.74, 6) is 0.0233. The van der Waals surface area contributed by atoms with Crippen LogP contribution < -0.4 is 5.32 Å². The van der Waals surface area contributed by atoms with Gasteiger partial charge in [-0.1, -0.05) is 36.4 Å². The summed E-state index contributed by atoms with van der Waals surface area (Å²) in [6, 6.07) is 9.17. The molecule has 1 aromatic rings. The molecular formula is C15H19NO3. The molecule has 0 radical (unpaired) electrons. The maximum Gasteiger partial charge on any atom is 0.407 e. The number of Topliss-reactive ketones (excluding diaryl/α,β-unsaturated/α-hetero) is 1. The predicted molar refractivity (Wildman–Crippen MR) is 73.7 cm³/mol. The predicted octanol–water partition coefficient (Wildman–Crippen LogP) is 2.84. The van der Waals surface area contributed by atoms with Crippen LogP contribution in [0.4, 0.5) is 4.79 Å². The molecule has 0 spiro atoms. The van der Waals surface area contributed by atoms with Gasteiger partial charge in [-0.05, 0) is 18.9 Å². The summed E-state index contributed by atoms with van der Waals surface area (Å²) >= 11 is 0. The van der Waals surface area contributed by atoms with E-state index in [0.29, 0.717) is 6.42 Å². The van der Waals surface area contributed by atoms with Crippen molar-refractivity contribution in [1.82, 2.24) is 5.32 Å². The summed E-state index contributed by atoms with van der Waals surface area (Å²) in [7, 11) is 0. The molecule has 1 N–H and O–H groups in total. The zero-order valence-electron chi connectivity index (χ0n) is 11.1. The van der Waals surface area contributed by atoms with E-state index in [1.165, 1.54) is 6.92 Å². The number of hydrogen-bond donors (Lipinski definition) is 1. The van der Waals surface area contributed by atoms with Gasteiger partial charge in [-0.2, -0.15) is 0 Å². The smallest absolute Gasteiger partial charge is 0.407 e. The number of benzene rings is 1. The Morgan fingerprint density at radius 2 is 2.05 bits per heavy atom. The fourth-order valence-electron chi connectivity index (χ4n) is 1.67. The van der Waals surface area contributed by atoms with Crippen LogP contribution in [0.3, 0.4) is 0 Å². The third kappa shape index (κ3) is 6.41. The van der Waals surface area contributed by atoms with Crippen molar-refractivity contribution in [3.05, 3.63) is 48.6 Å². The molecular weight excluding hydrogens is 242 g/mol. The van der Waals surface area contributed by atoms with E-state index in [2.05, 4.69) is 11.9 Å². The summed E-state index contributed by atoms with van der Waals surface area (Å²) in [6.45, 7) is 5.31. The van der Waals surface area contributed by atoms with Crippen molar-refractivity contribution < 1.29 is 14.3 Å². The van der Waals surface area contributed by atoms with E-state index in [4.69, 9.17) is 4.74 Å². The molecule has 0 heterocycles. The first-order chi connectivity index (χ1) is 9.11. The van der Waals surface area contributed by atoms with Gasteiger partial charge >= 0.3 is 6.09 Å². The van der Waals surface area contributed by atoms with Crippen LogP contribution in [-0.4, -0.2) is 17.9 Å². The Balaban J connectivity index is 2.39. The van der Waals surface area contributed by atoms with Crippen molar-refractivity contribution >= 4 is 11.9 Å². The number of amides is 1. The minimum atomic E-state index is -0.517. The van der Waals surface area contributed by atoms with Crippen molar-refractivity contribution in [3.63, 3.8) is 0 Å². The highest BCUT2D eigenvalue weighted by Gasteiger charge is 2.13. The van der Waals surface area contributed by atoms with Crippen LogP contribution in [-0.2, 0) is 16.1 Å². The van der Waals surface area contributed by atoms with Gasteiger partial charge in [0.05, 0.1) is 0 Å². The van der Waals surface area contributed by atoms with Gasteiger partial charge in [-0.15, -0.1) is 6.58 Å². The van der Waals surface area contributed by atoms with Crippen LogP contribution in [0.5, 0.6) is 0 Å². The summed E-state index contributed by atoms with van der Waals surface area (Å²) in [5.41, 5.74) is 0.921. The Labute approximate surface area is 113 Å².